The van der Waals surface area contributed by atoms with Crippen LogP contribution in [0.5, 0.6) is 0 Å². The Morgan fingerprint density at radius 2 is 1.48 bits per heavy atom. The van der Waals surface area contributed by atoms with Gasteiger partial charge in [0.05, 0.1) is 0 Å². The molecule has 0 nitrogen and oxygen atoms in total. The number of hydrogen-bond acceptors (Lipinski definition) is 1. The van der Waals surface area contributed by atoms with E-state index in [0.717, 1.165) is 18.3 Å². The van der Waals surface area contributed by atoms with Crippen molar-refractivity contribution < 1.29 is 0 Å². The third-order valence-electron chi connectivity index (χ3n) is 5.75. The van der Waals surface area contributed by atoms with E-state index >= 15 is 0 Å². The quantitative estimate of drug-likeness (QED) is 0.444. The number of benzene rings is 2. The molecule has 2 heteroatoms. The number of aryl methyl sites for hydroxylation is 1. The molecule has 2 aromatic carbocycles. The van der Waals surface area contributed by atoms with E-state index in [-0.39, 0.29) is 0 Å². The molecule has 148 valence electrons. The van der Waals surface area contributed by atoms with Gasteiger partial charge >= 0.3 is 0 Å². The van der Waals surface area contributed by atoms with E-state index in [0.29, 0.717) is 0 Å². The van der Waals surface area contributed by atoms with E-state index in [4.69, 9.17) is 7.85 Å². The van der Waals surface area contributed by atoms with Crippen LogP contribution in [0.3, 0.4) is 0 Å². The number of rotatable bonds is 2. The first-order valence-electron chi connectivity index (χ1n) is 10.8. The highest BCUT2D eigenvalue weighted by Crippen LogP contribution is 2.37. The molecule has 0 saturated heterocycles. The first-order chi connectivity index (χ1) is 14.1. The standard InChI is InChI=1S/C25H25BS.C2H6/c1-5-10-17-18-12-8-7-9-13-19(18)24-23-16(4)15(3)21(26)14-22(23)27-25(24)20(17)11-6-2;1-2/h5-6,10-14H,7-9H2,1-4H3;1-2H3/b10-5-,11-6-;. The zero-order valence-electron chi connectivity index (χ0n) is 18.6. The summed E-state index contributed by atoms with van der Waals surface area (Å²) in [5, 5.41) is 5.63. The van der Waals surface area contributed by atoms with Crippen molar-refractivity contribution in [2.45, 2.75) is 60.8 Å². The molecule has 0 spiro atoms. The lowest BCUT2D eigenvalue weighted by atomic mass is 9.86. The van der Waals surface area contributed by atoms with Gasteiger partial charge in [-0.15, -0.1) is 11.3 Å². The normalized spacial score (nSPS) is 13.9. The number of thiophene rings is 1. The van der Waals surface area contributed by atoms with Crippen molar-refractivity contribution in [1.29, 1.82) is 0 Å². The Kier molecular flexibility index (Phi) is 6.85. The maximum absolute atomic E-state index is 6.31. The second kappa shape index (κ2) is 9.18. The summed E-state index contributed by atoms with van der Waals surface area (Å²) in [7, 11) is 6.31. The number of hydrogen-bond donors (Lipinski definition) is 0. The van der Waals surface area contributed by atoms with Crippen LogP contribution in [0.2, 0.25) is 0 Å². The van der Waals surface area contributed by atoms with Gasteiger partial charge in [0.2, 0.25) is 0 Å². The molecule has 0 bridgehead atoms. The summed E-state index contributed by atoms with van der Waals surface area (Å²) in [5.41, 5.74) is 6.12. The Morgan fingerprint density at radius 3 is 2.14 bits per heavy atom. The highest BCUT2D eigenvalue weighted by Gasteiger charge is 2.17. The maximum Gasteiger partial charge on any atom is 0.114 e. The Bertz CT molecular complexity index is 1240. The molecular formula is C27H31BS. The van der Waals surface area contributed by atoms with Crippen molar-refractivity contribution in [3.8, 4) is 0 Å². The van der Waals surface area contributed by atoms with Crippen LogP contribution in [-0.4, -0.2) is 7.85 Å². The van der Waals surface area contributed by atoms with Crippen LogP contribution in [0.15, 0.2) is 18.2 Å². The Hall–Kier alpha value is -2.06. The highest BCUT2D eigenvalue weighted by atomic mass is 32.1. The highest BCUT2D eigenvalue weighted by molar-refractivity contribution is 7.26. The molecule has 4 rings (SSSR count). The molecule has 0 amide bonds. The lowest BCUT2D eigenvalue weighted by Gasteiger charge is -2.10. The fourth-order valence-electron chi connectivity index (χ4n) is 4.29. The predicted octanol–water partition coefficient (Wildman–Crippen LogP) is 6.30. The average Bonchev–Trinajstić information content (AvgIpc) is 2.93. The number of fused-ring (bicyclic) bond motifs is 5. The van der Waals surface area contributed by atoms with Crippen LogP contribution in [0.25, 0.3) is 44.5 Å². The molecule has 0 fully saturated rings. The molecule has 3 aromatic rings. The monoisotopic (exact) mass is 398 g/mol. The van der Waals surface area contributed by atoms with Crippen molar-refractivity contribution in [3.05, 3.63) is 50.9 Å². The van der Waals surface area contributed by atoms with Crippen molar-refractivity contribution in [2.24, 2.45) is 0 Å². The minimum absolute atomic E-state index is 0.898. The van der Waals surface area contributed by atoms with Crippen molar-refractivity contribution in [3.63, 3.8) is 0 Å². The second-order valence-corrected chi connectivity index (χ2v) is 8.44. The van der Waals surface area contributed by atoms with E-state index in [1.807, 2.05) is 25.2 Å². The lowest BCUT2D eigenvalue weighted by Crippen LogP contribution is -2.28. The van der Waals surface area contributed by atoms with Gasteiger partial charge in [-0.3, -0.25) is 0 Å². The van der Waals surface area contributed by atoms with Crippen LogP contribution < -0.4 is 15.9 Å². The van der Waals surface area contributed by atoms with Gasteiger partial charge in [0.1, 0.15) is 7.85 Å². The smallest absolute Gasteiger partial charge is 0.114 e. The lowest BCUT2D eigenvalue weighted by molar-refractivity contribution is 0.925. The van der Waals surface area contributed by atoms with Crippen LogP contribution in [0.4, 0.5) is 0 Å². The molecule has 1 heterocycles. The second-order valence-electron chi connectivity index (χ2n) is 7.39. The summed E-state index contributed by atoms with van der Waals surface area (Å²) in [6.07, 6.45) is 17.3. The summed E-state index contributed by atoms with van der Waals surface area (Å²) in [6, 6.07) is 2.17. The third kappa shape index (κ3) is 3.64. The maximum atomic E-state index is 6.31. The van der Waals surface area contributed by atoms with E-state index in [1.54, 1.807) is 0 Å². The molecule has 2 radical (unpaired) electrons. The summed E-state index contributed by atoms with van der Waals surface area (Å²) >= 11 is 1.89. The average molecular weight is 398 g/mol. The first-order valence-corrected chi connectivity index (χ1v) is 11.6. The first kappa shape index (κ1) is 21.6. The SMILES string of the molecule is CC.[B]c1cc2sc3c(/C=C\C)c(/C=C\C)c4c(c3c2c(C)c1C)=CCCCC=4. The molecule has 0 N–H and O–H groups in total. The minimum atomic E-state index is 0.898. The van der Waals surface area contributed by atoms with Gasteiger partial charge in [0.25, 0.3) is 0 Å². The minimum Gasteiger partial charge on any atom is -0.135 e. The van der Waals surface area contributed by atoms with Crippen molar-refractivity contribution in [1.82, 2.24) is 0 Å². The molecule has 1 aromatic heterocycles. The Labute approximate surface area is 180 Å². The molecule has 1 aliphatic rings. The van der Waals surface area contributed by atoms with E-state index < -0.39 is 0 Å². The topological polar surface area (TPSA) is 0 Å². The molecule has 0 aliphatic heterocycles. The zero-order valence-corrected chi connectivity index (χ0v) is 19.5. The van der Waals surface area contributed by atoms with Gasteiger partial charge in [-0.1, -0.05) is 67.4 Å². The summed E-state index contributed by atoms with van der Waals surface area (Å²) in [4.78, 5) is 0. The van der Waals surface area contributed by atoms with E-state index in [2.05, 4.69) is 70.2 Å². The Morgan fingerprint density at radius 1 is 0.862 bits per heavy atom. The molecular weight excluding hydrogens is 367 g/mol. The van der Waals surface area contributed by atoms with E-state index in [9.17, 15) is 0 Å². The summed E-state index contributed by atoms with van der Waals surface area (Å²) < 4.78 is 2.68. The molecule has 1 aliphatic carbocycles. The van der Waals surface area contributed by atoms with Gasteiger partial charge in [-0.25, -0.2) is 0 Å². The predicted molar refractivity (Wildman–Crippen MR) is 137 cm³/mol. The number of allylic oxidation sites excluding steroid dienone is 2. The van der Waals surface area contributed by atoms with Crippen LogP contribution in [-0.2, 0) is 0 Å². The summed E-state index contributed by atoms with van der Waals surface area (Å²) in [6.45, 7) is 12.6. The third-order valence-corrected chi connectivity index (χ3v) is 6.92. The van der Waals surface area contributed by atoms with Crippen molar-refractivity contribution in [2.75, 3.05) is 0 Å². The van der Waals surface area contributed by atoms with Gasteiger partial charge in [0, 0.05) is 20.2 Å². The summed E-state index contributed by atoms with van der Waals surface area (Å²) in [5.74, 6) is 0. The fourth-order valence-corrected chi connectivity index (χ4v) is 5.66. The molecule has 0 atom stereocenters. The molecule has 29 heavy (non-hydrogen) atoms. The zero-order chi connectivity index (χ0) is 21.1. The molecule has 0 saturated carbocycles. The van der Waals surface area contributed by atoms with Crippen LogP contribution in [0.1, 0.15) is 69.2 Å². The van der Waals surface area contributed by atoms with Gasteiger partial charge in [0.15, 0.2) is 0 Å². The van der Waals surface area contributed by atoms with Gasteiger partial charge in [-0.2, -0.15) is 0 Å². The van der Waals surface area contributed by atoms with Gasteiger partial charge in [-0.05, 0) is 74.1 Å². The van der Waals surface area contributed by atoms with Crippen LogP contribution >= 0.6 is 11.3 Å². The van der Waals surface area contributed by atoms with Gasteiger partial charge < -0.3 is 0 Å². The van der Waals surface area contributed by atoms with E-state index in [1.165, 1.54) is 59.3 Å². The Balaban J connectivity index is 0.00000117. The largest absolute Gasteiger partial charge is 0.135 e. The molecule has 0 unspecified atom stereocenters. The van der Waals surface area contributed by atoms with Crippen molar-refractivity contribution >= 4 is 69.1 Å². The van der Waals surface area contributed by atoms with Crippen LogP contribution in [0, 0.1) is 13.8 Å². The fraction of sp³-hybridized carbons (Fsp3) is 0.333.